The number of esters is 2. The molecule has 0 saturated carbocycles. The van der Waals surface area contributed by atoms with Gasteiger partial charge in [-0.1, -0.05) is 55.5 Å². The molecule has 4 atom stereocenters. The predicted molar refractivity (Wildman–Crippen MR) is 110 cm³/mol. The van der Waals surface area contributed by atoms with Crippen LogP contribution in [0.25, 0.3) is 0 Å². The molecule has 5 heteroatoms. The molecule has 0 bridgehead atoms. The zero-order valence-corrected chi connectivity index (χ0v) is 16.7. The maximum absolute atomic E-state index is 12.6. The predicted octanol–water partition coefficient (Wildman–Crippen LogP) is 4.58. The van der Waals surface area contributed by atoms with Crippen molar-refractivity contribution in [1.82, 2.24) is 0 Å². The highest BCUT2D eigenvalue weighted by molar-refractivity contribution is 5.90. The summed E-state index contributed by atoms with van der Waals surface area (Å²) in [6, 6.07) is 17.6. The Morgan fingerprint density at radius 1 is 0.931 bits per heavy atom. The van der Waals surface area contributed by atoms with Gasteiger partial charge in [-0.2, -0.15) is 0 Å². The molecule has 1 unspecified atom stereocenters. The Morgan fingerprint density at radius 3 is 1.97 bits per heavy atom. The van der Waals surface area contributed by atoms with Crippen molar-refractivity contribution >= 4 is 11.9 Å². The van der Waals surface area contributed by atoms with Crippen molar-refractivity contribution in [2.75, 3.05) is 0 Å². The first-order valence-corrected chi connectivity index (χ1v) is 9.92. The lowest BCUT2D eigenvalue weighted by molar-refractivity contribution is -0.149. The lowest BCUT2D eigenvalue weighted by atomic mass is 9.97. The fraction of sp³-hybridized carbons (Fsp3) is 0.333. The van der Waals surface area contributed by atoms with E-state index in [9.17, 15) is 9.59 Å². The van der Waals surface area contributed by atoms with Crippen LogP contribution in [0.4, 0.5) is 0 Å². The molecule has 0 radical (unpaired) electrons. The van der Waals surface area contributed by atoms with Crippen LogP contribution in [0.2, 0.25) is 0 Å². The van der Waals surface area contributed by atoms with Crippen LogP contribution in [0.15, 0.2) is 72.8 Å². The van der Waals surface area contributed by atoms with Gasteiger partial charge in [-0.3, -0.25) is 0 Å². The van der Waals surface area contributed by atoms with Crippen LogP contribution >= 0.6 is 0 Å². The molecule has 1 aliphatic rings. The Hall–Kier alpha value is -2.92. The molecule has 152 valence electrons. The van der Waals surface area contributed by atoms with Gasteiger partial charge in [0, 0.05) is 6.42 Å². The van der Waals surface area contributed by atoms with E-state index in [1.54, 1.807) is 48.5 Å². The van der Waals surface area contributed by atoms with Crippen molar-refractivity contribution in [3.8, 4) is 0 Å². The van der Waals surface area contributed by atoms with Crippen LogP contribution in [0.3, 0.4) is 0 Å². The Morgan fingerprint density at radius 2 is 1.45 bits per heavy atom. The van der Waals surface area contributed by atoms with Crippen LogP contribution < -0.4 is 0 Å². The minimum atomic E-state index is -0.546. The van der Waals surface area contributed by atoms with Crippen LogP contribution in [-0.2, 0) is 14.2 Å². The van der Waals surface area contributed by atoms with E-state index in [1.807, 2.05) is 38.1 Å². The summed E-state index contributed by atoms with van der Waals surface area (Å²) < 4.78 is 17.5. The maximum Gasteiger partial charge on any atom is 0.338 e. The molecule has 0 N–H and O–H groups in total. The second-order valence-electron chi connectivity index (χ2n) is 7.00. The van der Waals surface area contributed by atoms with Crippen LogP contribution in [0.1, 0.15) is 47.4 Å². The van der Waals surface area contributed by atoms with Crippen molar-refractivity contribution in [2.45, 2.75) is 51.1 Å². The minimum absolute atomic E-state index is 0.319. The van der Waals surface area contributed by atoms with E-state index in [2.05, 4.69) is 0 Å². The molecule has 0 aliphatic carbocycles. The fourth-order valence-corrected chi connectivity index (χ4v) is 3.24. The van der Waals surface area contributed by atoms with Crippen LogP contribution in [0, 0.1) is 0 Å². The first-order chi connectivity index (χ1) is 14.1. The Kier molecular flexibility index (Phi) is 7.19. The monoisotopic (exact) mass is 394 g/mol. The van der Waals surface area contributed by atoms with Crippen molar-refractivity contribution in [2.24, 2.45) is 0 Å². The highest BCUT2D eigenvalue weighted by Crippen LogP contribution is 2.27. The maximum atomic E-state index is 12.6. The molecule has 1 aliphatic heterocycles. The van der Waals surface area contributed by atoms with E-state index in [0.717, 1.165) is 6.42 Å². The van der Waals surface area contributed by atoms with Gasteiger partial charge in [0.2, 0.25) is 0 Å². The molecule has 1 saturated heterocycles. The lowest BCUT2D eigenvalue weighted by Gasteiger charge is -2.38. The minimum Gasteiger partial charge on any atom is -0.456 e. The molecular weight excluding hydrogens is 368 g/mol. The van der Waals surface area contributed by atoms with Gasteiger partial charge in [-0.05, 0) is 37.6 Å². The van der Waals surface area contributed by atoms with Crippen molar-refractivity contribution in [3.05, 3.63) is 83.9 Å². The lowest BCUT2D eigenvalue weighted by Crippen LogP contribution is -2.48. The van der Waals surface area contributed by atoms with Crippen molar-refractivity contribution in [1.29, 1.82) is 0 Å². The fourth-order valence-electron chi connectivity index (χ4n) is 3.24. The summed E-state index contributed by atoms with van der Waals surface area (Å²) in [6.45, 7) is 3.89. The summed E-state index contributed by atoms with van der Waals surface area (Å²) in [4.78, 5) is 25.0. The van der Waals surface area contributed by atoms with Gasteiger partial charge in [0.15, 0.2) is 0 Å². The Bertz CT molecular complexity index is 831. The Balaban J connectivity index is 1.73. The molecule has 0 aromatic heterocycles. The molecular formula is C24H26O5. The molecule has 0 amide bonds. The molecule has 29 heavy (non-hydrogen) atoms. The van der Waals surface area contributed by atoms with Crippen molar-refractivity contribution in [3.63, 3.8) is 0 Å². The summed E-state index contributed by atoms with van der Waals surface area (Å²) in [5, 5.41) is 0. The van der Waals surface area contributed by atoms with E-state index in [4.69, 9.17) is 14.2 Å². The highest BCUT2D eigenvalue weighted by atomic mass is 16.6. The summed E-state index contributed by atoms with van der Waals surface area (Å²) >= 11 is 0. The van der Waals surface area contributed by atoms with Crippen molar-refractivity contribution < 1.29 is 23.8 Å². The average molecular weight is 394 g/mol. The van der Waals surface area contributed by atoms with E-state index in [1.165, 1.54) is 0 Å². The number of rotatable bonds is 6. The van der Waals surface area contributed by atoms with Crippen LogP contribution in [0.5, 0.6) is 0 Å². The van der Waals surface area contributed by atoms with E-state index >= 15 is 0 Å². The molecule has 2 aromatic rings. The third kappa shape index (κ3) is 5.55. The second kappa shape index (κ2) is 10.0. The summed E-state index contributed by atoms with van der Waals surface area (Å²) in [7, 11) is 0. The molecule has 1 fully saturated rings. The third-order valence-electron chi connectivity index (χ3n) is 4.82. The Labute approximate surface area is 171 Å². The smallest absolute Gasteiger partial charge is 0.338 e. The average Bonchev–Trinajstić information content (AvgIpc) is 2.76. The van der Waals surface area contributed by atoms with E-state index in [-0.39, 0.29) is 12.2 Å². The van der Waals surface area contributed by atoms with E-state index < -0.39 is 24.1 Å². The van der Waals surface area contributed by atoms with E-state index in [0.29, 0.717) is 17.5 Å². The van der Waals surface area contributed by atoms with Gasteiger partial charge >= 0.3 is 11.9 Å². The van der Waals surface area contributed by atoms with Gasteiger partial charge in [0.25, 0.3) is 0 Å². The number of carbonyl (C=O) groups excluding carboxylic acids is 2. The quantitative estimate of drug-likeness (QED) is 0.530. The first kappa shape index (κ1) is 20.8. The number of allylic oxidation sites excluding steroid dienone is 1. The number of benzene rings is 2. The zero-order valence-electron chi connectivity index (χ0n) is 16.7. The molecule has 5 nitrogen and oxygen atoms in total. The summed E-state index contributed by atoms with van der Waals surface area (Å²) in [5.74, 6) is -0.835. The molecule has 2 aromatic carbocycles. The topological polar surface area (TPSA) is 61.8 Å². The highest BCUT2D eigenvalue weighted by Gasteiger charge is 2.39. The number of hydrogen-bond acceptors (Lipinski definition) is 5. The first-order valence-electron chi connectivity index (χ1n) is 9.92. The van der Waals surface area contributed by atoms with Gasteiger partial charge in [-0.25, -0.2) is 9.59 Å². The number of ether oxygens (including phenoxy) is 3. The summed E-state index contributed by atoms with van der Waals surface area (Å²) in [6.07, 6.45) is 3.35. The van der Waals surface area contributed by atoms with Gasteiger partial charge < -0.3 is 14.2 Å². The largest absolute Gasteiger partial charge is 0.456 e. The van der Waals surface area contributed by atoms with Gasteiger partial charge in [0.05, 0.1) is 17.2 Å². The standard InChI is InChI=1S/C24H26O5/c1-3-4-15-20-22(29-24(26)19-13-9-6-10-14-19)16-21(17(2)27-20)28-23(25)18-11-7-5-8-12-18/h4-15,17,20-22H,3,16H2,1-2H3/b15-4-/t17?,20-,21+,22-/m0/s1. The normalized spacial score (nSPS) is 24.2. The molecule has 0 spiro atoms. The van der Waals surface area contributed by atoms with Gasteiger partial charge in [0.1, 0.15) is 18.3 Å². The number of carbonyl (C=O) groups is 2. The van der Waals surface area contributed by atoms with Crippen LogP contribution in [-0.4, -0.2) is 36.4 Å². The molecule has 1 heterocycles. The van der Waals surface area contributed by atoms with Gasteiger partial charge in [-0.15, -0.1) is 0 Å². The third-order valence-corrected chi connectivity index (χ3v) is 4.82. The zero-order chi connectivity index (χ0) is 20.6. The number of hydrogen-bond donors (Lipinski definition) is 0. The summed E-state index contributed by atoms with van der Waals surface area (Å²) in [5.41, 5.74) is 0.952. The SMILES string of the molecule is CC/C=C\[C@@H]1OC(C)[C@H](OC(=O)c2ccccc2)C[C@@H]1OC(=O)c1ccccc1. The molecule has 3 rings (SSSR count). The second-order valence-corrected chi connectivity index (χ2v) is 7.00.